The molecule has 2 bridgehead atoms. The van der Waals surface area contributed by atoms with Gasteiger partial charge in [-0.25, -0.2) is 5.06 Å². The predicted molar refractivity (Wildman–Crippen MR) is 69.4 cm³/mol. The molecular formula is C15H15NO2. The van der Waals surface area contributed by atoms with Crippen LogP contribution in [0.2, 0.25) is 0 Å². The number of fused-ring (bicyclic) bond motifs is 2. The first-order chi connectivity index (χ1) is 8.83. The average molecular weight is 241 g/mol. The van der Waals surface area contributed by atoms with Gasteiger partial charge in [0, 0.05) is 6.08 Å². The van der Waals surface area contributed by atoms with E-state index in [4.69, 9.17) is 4.84 Å². The molecule has 2 heterocycles. The lowest BCUT2D eigenvalue weighted by Gasteiger charge is -2.39. The minimum absolute atomic E-state index is 0.0732. The Morgan fingerprint density at radius 3 is 2.67 bits per heavy atom. The smallest absolute Gasteiger partial charge is 0.267 e. The number of carbonyl (C=O) groups is 1. The van der Waals surface area contributed by atoms with Crippen LogP contribution in [-0.2, 0) is 9.63 Å². The molecule has 2 aliphatic heterocycles. The molecule has 1 aromatic carbocycles. The van der Waals surface area contributed by atoms with Gasteiger partial charge in [-0.1, -0.05) is 42.5 Å². The Hall–Kier alpha value is -1.87. The van der Waals surface area contributed by atoms with Crippen molar-refractivity contribution in [2.45, 2.75) is 25.0 Å². The van der Waals surface area contributed by atoms with Gasteiger partial charge in [0.1, 0.15) is 6.10 Å². The van der Waals surface area contributed by atoms with Gasteiger partial charge in [0.2, 0.25) is 0 Å². The Morgan fingerprint density at radius 2 is 2.06 bits per heavy atom. The fourth-order valence-corrected chi connectivity index (χ4v) is 2.31. The van der Waals surface area contributed by atoms with Gasteiger partial charge < -0.3 is 0 Å². The van der Waals surface area contributed by atoms with Gasteiger partial charge in [-0.05, 0) is 24.5 Å². The summed E-state index contributed by atoms with van der Waals surface area (Å²) in [5.41, 5.74) is 1.02. The van der Waals surface area contributed by atoms with E-state index in [0.29, 0.717) is 0 Å². The molecule has 3 aliphatic rings. The number of rotatable bonds is 2. The minimum Gasteiger partial charge on any atom is -0.267 e. The van der Waals surface area contributed by atoms with Crippen LogP contribution in [0.1, 0.15) is 18.4 Å². The minimum atomic E-state index is -0.0853. The third-order valence-electron chi connectivity index (χ3n) is 3.28. The predicted octanol–water partition coefficient (Wildman–Crippen LogP) is 2.56. The van der Waals surface area contributed by atoms with E-state index in [1.54, 1.807) is 6.08 Å². The van der Waals surface area contributed by atoms with Crippen molar-refractivity contribution in [2.75, 3.05) is 0 Å². The highest BCUT2D eigenvalue weighted by atomic mass is 16.7. The normalized spacial score (nSPS) is 25.9. The molecule has 1 fully saturated rings. The van der Waals surface area contributed by atoms with Crippen LogP contribution >= 0.6 is 0 Å². The Balaban J connectivity index is 1.69. The zero-order valence-electron chi connectivity index (χ0n) is 10.0. The Kier molecular flexibility index (Phi) is 2.99. The average Bonchev–Trinajstić information content (AvgIpc) is 2.47. The second kappa shape index (κ2) is 4.78. The summed E-state index contributed by atoms with van der Waals surface area (Å²) in [6.07, 6.45) is 9.57. The molecule has 1 aliphatic carbocycles. The van der Waals surface area contributed by atoms with Crippen molar-refractivity contribution in [1.29, 1.82) is 0 Å². The van der Waals surface area contributed by atoms with Crippen LogP contribution < -0.4 is 0 Å². The highest BCUT2D eigenvalue weighted by Crippen LogP contribution is 2.27. The molecule has 0 N–H and O–H groups in total. The molecule has 0 spiro atoms. The molecule has 0 aromatic heterocycles. The van der Waals surface area contributed by atoms with Gasteiger partial charge >= 0.3 is 0 Å². The van der Waals surface area contributed by atoms with Crippen LogP contribution in [0, 0.1) is 0 Å². The number of nitrogens with zero attached hydrogens (tertiary/aromatic N) is 1. The van der Waals surface area contributed by atoms with E-state index in [9.17, 15) is 4.79 Å². The van der Waals surface area contributed by atoms with Crippen molar-refractivity contribution in [1.82, 2.24) is 5.06 Å². The quantitative estimate of drug-likeness (QED) is 0.588. The molecule has 1 aromatic rings. The highest BCUT2D eigenvalue weighted by molar-refractivity contribution is 5.91. The summed E-state index contributed by atoms with van der Waals surface area (Å²) in [5, 5.41) is 1.49. The van der Waals surface area contributed by atoms with Gasteiger partial charge in [-0.3, -0.25) is 9.63 Å². The van der Waals surface area contributed by atoms with Crippen LogP contribution in [0.5, 0.6) is 0 Å². The number of benzene rings is 1. The maximum atomic E-state index is 12.0. The third kappa shape index (κ3) is 2.22. The SMILES string of the molecule is O=C(/C=C/c1ccccc1)N1OC2C=CC1CC2. The van der Waals surface area contributed by atoms with Crippen LogP contribution in [-0.4, -0.2) is 23.1 Å². The molecule has 92 valence electrons. The number of hydrogen-bond acceptors (Lipinski definition) is 2. The van der Waals surface area contributed by atoms with E-state index in [2.05, 4.69) is 6.08 Å². The zero-order chi connectivity index (χ0) is 12.4. The topological polar surface area (TPSA) is 29.5 Å². The molecule has 3 heteroatoms. The maximum Gasteiger partial charge on any atom is 0.270 e. The Bertz CT molecular complexity index is 492. The van der Waals surface area contributed by atoms with Crippen LogP contribution in [0.3, 0.4) is 0 Å². The second-order valence-corrected chi connectivity index (χ2v) is 4.58. The fourth-order valence-electron chi connectivity index (χ4n) is 2.31. The number of amides is 1. The molecule has 3 nitrogen and oxygen atoms in total. The van der Waals surface area contributed by atoms with E-state index in [0.717, 1.165) is 18.4 Å². The van der Waals surface area contributed by atoms with Crippen molar-refractivity contribution >= 4 is 12.0 Å². The lowest BCUT2D eigenvalue weighted by atomic mass is 9.98. The Labute approximate surface area is 106 Å². The summed E-state index contributed by atoms with van der Waals surface area (Å²) < 4.78 is 0. The lowest BCUT2D eigenvalue weighted by molar-refractivity contribution is -0.225. The standard InChI is InChI=1S/C15H15NO2/c17-15(11-6-12-4-2-1-3-5-12)16-13-7-9-14(18-16)10-8-13/h1-7,9,11,13-14H,8,10H2/b11-6+. The van der Waals surface area contributed by atoms with Crippen molar-refractivity contribution in [3.05, 3.63) is 54.1 Å². The van der Waals surface area contributed by atoms with Crippen molar-refractivity contribution in [3.63, 3.8) is 0 Å². The van der Waals surface area contributed by atoms with E-state index in [1.165, 1.54) is 5.06 Å². The van der Waals surface area contributed by atoms with E-state index < -0.39 is 0 Å². The molecule has 2 atom stereocenters. The van der Waals surface area contributed by atoms with Gasteiger partial charge in [-0.15, -0.1) is 0 Å². The molecule has 18 heavy (non-hydrogen) atoms. The second-order valence-electron chi connectivity index (χ2n) is 4.58. The van der Waals surface area contributed by atoms with Gasteiger partial charge in [0.15, 0.2) is 0 Å². The fraction of sp³-hybridized carbons (Fsp3) is 0.267. The van der Waals surface area contributed by atoms with E-state index in [1.807, 2.05) is 42.5 Å². The summed E-state index contributed by atoms with van der Waals surface area (Å²) in [4.78, 5) is 17.6. The molecule has 2 unspecified atom stereocenters. The summed E-state index contributed by atoms with van der Waals surface area (Å²) in [6, 6.07) is 9.89. The monoisotopic (exact) mass is 241 g/mol. The van der Waals surface area contributed by atoms with Crippen molar-refractivity contribution in [3.8, 4) is 0 Å². The maximum absolute atomic E-state index is 12.0. The van der Waals surface area contributed by atoms with Crippen molar-refractivity contribution in [2.24, 2.45) is 0 Å². The van der Waals surface area contributed by atoms with Crippen LogP contribution in [0.15, 0.2) is 48.6 Å². The molecule has 0 radical (unpaired) electrons. The number of hydrogen-bond donors (Lipinski definition) is 0. The molecule has 1 amide bonds. The van der Waals surface area contributed by atoms with E-state index in [-0.39, 0.29) is 18.1 Å². The summed E-state index contributed by atoms with van der Waals surface area (Å²) in [6.45, 7) is 0. The molecule has 0 saturated carbocycles. The number of hydroxylamine groups is 2. The Morgan fingerprint density at radius 1 is 1.22 bits per heavy atom. The highest BCUT2D eigenvalue weighted by Gasteiger charge is 2.33. The van der Waals surface area contributed by atoms with Crippen LogP contribution in [0.25, 0.3) is 6.08 Å². The first-order valence-corrected chi connectivity index (χ1v) is 6.24. The zero-order valence-corrected chi connectivity index (χ0v) is 10.0. The summed E-state index contributed by atoms with van der Waals surface area (Å²) in [7, 11) is 0. The van der Waals surface area contributed by atoms with E-state index >= 15 is 0 Å². The van der Waals surface area contributed by atoms with Gasteiger partial charge in [0.05, 0.1) is 6.04 Å². The third-order valence-corrected chi connectivity index (χ3v) is 3.28. The summed E-state index contributed by atoms with van der Waals surface area (Å²) in [5.74, 6) is -0.0853. The molecule has 1 saturated heterocycles. The first-order valence-electron chi connectivity index (χ1n) is 6.24. The van der Waals surface area contributed by atoms with Crippen molar-refractivity contribution < 1.29 is 9.63 Å². The number of carbonyl (C=O) groups excluding carboxylic acids is 1. The lowest BCUT2D eigenvalue weighted by Crippen LogP contribution is -2.48. The molecular weight excluding hydrogens is 226 g/mol. The first kappa shape index (κ1) is 11.2. The van der Waals surface area contributed by atoms with Gasteiger partial charge in [0.25, 0.3) is 5.91 Å². The van der Waals surface area contributed by atoms with Crippen LogP contribution in [0.4, 0.5) is 0 Å². The molecule has 4 rings (SSSR count). The van der Waals surface area contributed by atoms with Gasteiger partial charge in [-0.2, -0.15) is 0 Å². The largest absolute Gasteiger partial charge is 0.270 e. The summed E-state index contributed by atoms with van der Waals surface area (Å²) >= 11 is 0.